The van der Waals surface area contributed by atoms with Crippen LogP contribution in [0, 0.1) is 35.3 Å². The van der Waals surface area contributed by atoms with Gasteiger partial charge in [-0.1, -0.05) is 0 Å². The van der Waals surface area contributed by atoms with E-state index in [-0.39, 0.29) is 29.8 Å². The highest BCUT2D eigenvalue weighted by Gasteiger charge is 2.44. The molecular weight excluding hydrogens is 392 g/mol. The van der Waals surface area contributed by atoms with Gasteiger partial charge >= 0.3 is 5.97 Å². The average molecular weight is 413 g/mol. The Labute approximate surface area is 171 Å². The number of nitrogens with one attached hydrogen (secondary N) is 1. The number of nitrogens with zero attached hydrogens (tertiary/aromatic N) is 4. The largest absolute Gasteiger partial charge is 0.481 e. The number of carboxylic acids is 1. The lowest BCUT2D eigenvalue weighted by Crippen LogP contribution is -2.42. The first kappa shape index (κ1) is 19.0. The number of aromatic amines is 1. The van der Waals surface area contributed by atoms with E-state index >= 15 is 0 Å². The monoisotopic (exact) mass is 413 g/mol. The molecule has 0 spiro atoms. The highest BCUT2D eigenvalue weighted by molar-refractivity contribution is 5.88. The van der Waals surface area contributed by atoms with Gasteiger partial charge in [0, 0.05) is 6.42 Å². The number of hydrogen-bond acceptors (Lipinski definition) is 5. The van der Waals surface area contributed by atoms with Gasteiger partial charge in [-0.05, 0) is 61.8 Å². The minimum absolute atomic E-state index is 0.0408. The van der Waals surface area contributed by atoms with Crippen molar-refractivity contribution in [3.05, 3.63) is 35.8 Å². The van der Waals surface area contributed by atoms with Crippen LogP contribution < -0.4 is 0 Å². The number of pyridine rings is 1. The molecule has 3 aromatic rings. The van der Waals surface area contributed by atoms with Gasteiger partial charge in [-0.3, -0.25) is 9.89 Å². The van der Waals surface area contributed by atoms with Gasteiger partial charge in [-0.15, -0.1) is 0 Å². The van der Waals surface area contributed by atoms with Crippen LogP contribution in [0.2, 0.25) is 0 Å². The van der Waals surface area contributed by atoms with Crippen molar-refractivity contribution in [1.29, 1.82) is 0 Å². The molecule has 3 aromatic heterocycles. The lowest BCUT2D eigenvalue weighted by atomic mass is 9.57. The molecule has 2 bridgehead atoms. The first-order valence-corrected chi connectivity index (χ1v) is 10.2. The Hall–Kier alpha value is -2.97. The van der Waals surface area contributed by atoms with Crippen molar-refractivity contribution >= 4 is 17.0 Å². The van der Waals surface area contributed by atoms with E-state index in [1.54, 1.807) is 0 Å². The maximum Gasteiger partial charge on any atom is 0.303 e. The molecule has 3 saturated carbocycles. The molecule has 2 N–H and O–H groups in total. The molecule has 0 radical (unpaired) electrons. The predicted molar refractivity (Wildman–Crippen MR) is 103 cm³/mol. The lowest BCUT2D eigenvalue weighted by Gasteiger charge is -2.48. The van der Waals surface area contributed by atoms with E-state index in [2.05, 4.69) is 25.1 Å². The van der Waals surface area contributed by atoms with Crippen molar-refractivity contribution in [2.24, 2.45) is 23.7 Å². The summed E-state index contributed by atoms with van der Waals surface area (Å²) < 4.78 is 28.3. The zero-order chi connectivity index (χ0) is 20.8. The van der Waals surface area contributed by atoms with Gasteiger partial charge in [0.1, 0.15) is 11.5 Å². The molecular formula is C21H21F2N5O2. The quantitative estimate of drug-likeness (QED) is 0.660. The molecule has 3 heterocycles. The number of fused-ring (bicyclic) bond motifs is 4. The molecule has 2 atom stereocenters. The molecule has 9 heteroatoms. The van der Waals surface area contributed by atoms with E-state index in [9.17, 15) is 18.7 Å². The highest BCUT2D eigenvalue weighted by atomic mass is 19.1. The minimum Gasteiger partial charge on any atom is -0.481 e. The van der Waals surface area contributed by atoms with Crippen LogP contribution in [0.1, 0.15) is 37.8 Å². The molecule has 6 rings (SSSR count). The topological polar surface area (TPSA) is 105 Å². The van der Waals surface area contributed by atoms with E-state index in [0.717, 1.165) is 38.1 Å². The third-order valence-electron chi connectivity index (χ3n) is 6.83. The van der Waals surface area contributed by atoms with Gasteiger partial charge in [0.2, 0.25) is 0 Å². The number of aromatic nitrogens is 5. The van der Waals surface area contributed by atoms with E-state index in [0.29, 0.717) is 35.0 Å². The third-order valence-corrected chi connectivity index (χ3v) is 6.83. The van der Waals surface area contributed by atoms with Gasteiger partial charge in [0.15, 0.2) is 17.3 Å². The Morgan fingerprint density at radius 1 is 1.10 bits per heavy atom. The fourth-order valence-electron chi connectivity index (χ4n) is 5.47. The number of carboxylic acid groups (broad SMARTS) is 1. The second kappa shape index (κ2) is 7.37. The average Bonchev–Trinajstić information content (AvgIpc) is 3.14. The fourth-order valence-corrected chi connectivity index (χ4v) is 5.47. The molecule has 0 amide bonds. The summed E-state index contributed by atoms with van der Waals surface area (Å²) in [5, 5.41) is 16.6. The number of rotatable bonds is 5. The zero-order valence-corrected chi connectivity index (χ0v) is 16.2. The SMILES string of the molecule is O=C(O)C[C@H]1C2CCC(CC2)C1Cc1nc(-c2[nH]nc3ncc(F)cc23)ncc1F. The van der Waals surface area contributed by atoms with Gasteiger partial charge in [-0.25, -0.2) is 23.7 Å². The zero-order valence-electron chi connectivity index (χ0n) is 16.2. The Morgan fingerprint density at radius 2 is 1.83 bits per heavy atom. The van der Waals surface area contributed by atoms with Crippen LogP contribution in [-0.4, -0.2) is 36.2 Å². The summed E-state index contributed by atoms with van der Waals surface area (Å²) in [5.41, 5.74) is 0.970. The second-order valence-electron chi connectivity index (χ2n) is 8.42. The van der Waals surface area contributed by atoms with Crippen LogP contribution in [0.15, 0.2) is 18.5 Å². The Bertz CT molecular complexity index is 1110. The first-order valence-electron chi connectivity index (χ1n) is 10.2. The number of hydrogen-bond donors (Lipinski definition) is 2. The number of H-pyrrole nitrogens is 1. The van der Waals surface area contributed by atoms with Crippen LogP contribution >= 0.6 is 0 Å². The van der Waals surface area contributed by atoms with Gasteiger partial charge in [0.25, 0.3) is 0 Å². The molecule has 30 heavy (non-hydrogen) atoms. The first-order chi connectivity index (χ1) is 14.5. The molecule has 156 valence electrons. The summed E-state index contributed by atoms with van der Waals surface area (Å²) in [5.74, 6) is -0.710. The van der Waals surface area contributed by atoms with Crippen molar-refractivity contribution in [1.82, 2.24) is 25.1 Å². The van der Waals surface area contributed by atoms with Crippen LogP contribution in [0.25, 0.3) is 22.6 Å². The van der Waals surface area contributed by atoms with Crippen LogP contribution in [0.4, 0.5) is 8.78 Å². The summed E-state index contributed by atoms with van der Waals surface area (Å²) in [6, 6.07) is 1.29. The maximum absolute atomic E-state index is 14.6. The summed E-state index contributed by atoms with van der Waals surface area (Å²) >= 11 is 0. The van der Waals surface area contributed by atoms with Crippen molar-refractivity contribution in [3.8, 4) is 11.5 Å². The van der Waals surface area contributed by atoms with Crippen LogP contribution in [-0.2, 0) is 11.2 Å². The second-order valence-corrected chi connectivity index (χ2v) is 8.42. The van der Waals surface area contributed by atoms with Crippen molar-refractivity contribution in [2.75, 3.05) is 0 Å². The normalized spacial score (nSPS) is 25.7. The molecule has 0 saturated heterocycles. The molecule has 7 nitrogen and oxygen atoms in total. The van der Waals surface area contributed by atoms with E-state index < -0.39 is 17.6 Å². The number of aliphatic carboxylic acids is 1. The summed E-state index contributed by atoms with van der Waals surface area (Å²) in [4.78, 5) is 23.8. The fraction of sp³-hybridized carbons (Fsp3) is 0.476. The van der Waals surface area contributed by atoms with Crippen LogP contribution in [0.3, 0.4) is 0 Å². The van der Waals surface area contributed by atoms with E-state index in [1.165, 1.54) is 6.07 Å². The Balaban J connectivity index is 1.49. The lowest BCUT2D eigenvalue weighted by molar-refractivity contribution is -0.141. The molecule has 3 aliphatic rings. The molecule has 0 aromatic carbocycles. The van der Waals surface area contributed by atoms with Gasteiger partial charge in [0.05, 0.1) is 23.5 Å². The molecule has 0 aliphatic heterocycles. The Morgan fingerprint density at radius 3 is 2.57 bits per heavy atom. The summed E-state index contributed by atoms with van der Waals surface area (Å²) in [7, 11) is 0. The summed E-state index contributed by atoms with van der Waals surface area (Å²) in [6.07, 6.45) is 6.89. The van der Waals surface area contributed by atoms with Crippen LogP contribution in [0.5, 0.6) is 0 Å². The third kappa shape index (κ3) is 3.32. The van der Waals surface area contributed by atoms with Crippen molar-refractivity contribution in [3.63, 3.8) is 0 Å². The van der Waals surface area contributed by atoms with E-state index in [4.69, 9.17) is 0 Å². The van der Waals surface area contributed by atoms with Gasteiger partial charge < -0.3 is 5.11 Å². The molecule has 3 aliphatic carbocycles. The maximum atomic E-state index is 14.6. The molecule has 1 unspecified atom stereocenters. The van der Waals surface area contributed by atoms with Crippen molar-refractivity contribution < 1.29 is 18.7 Å². The molecule has 3 fully saturated rings. The predicted octanol–water partition coefficient (Wildman–Crippen LogP) is 3.76. The van der Waals surface area contributed by atoms with E-state index in [1.807, 2.05) is 0 Å². The number of carbonyl (C=O) groups is 1. The minimum atomic E-state index is -0.806. The smallest absolute Gasteiger partial charge is 0.303 e. The highest BCUT2D eigenvalue weighted by Crippen LogP contribution is 2.51. The van der Waals surface area contributed by atoms with Gasteiger partial charge in [-0.2, -0.15) is 5.10 Å². The standard InChI is InChI=1S/C21H21F2N5O2/c22-12-5-15-19(27-28-20(15)24-8-12)21-25-9-16(23)17(26-21)6-13-10-1-3-11(4-2-10)14(13)7-18(29)30/h5,8-11,13-14H,1-4,6-7H2,(H,29,30)(H,24,27,28)/t10?,11?,13?,14-/m0/s1. The van der Waals surface area contributed by atoms with Crippen molar-refractivity contribution in [2.45, 2.75) is 38.5 Å². The number of halogens is 2. The Kier molecular flexibility index (Phi) is 4.67. The summed E-state index contributed by atoms with van der Waals surface area (Å²) in [6.45, 7) is 0.